The van der Waals surface area contributed by atoms with Gasteiger partial charge >= 0.3 is 5.97 Å². The molecule has 4 rings (SSSR count). The van der Waals surface area contributed by atoms with Gasteiger partial charge in [-0.1, -0.05) is 71.5 Å². The summed E-state index contributed by atoms with van der Waals surface area (Å²) in [5.74, 6) is 0.167. The summed E-state index contributed by atoms with van der Waals surface area (Å²) in [6, 6.07) is 20.0. The van der Waals surface area contributed by atoms with Gasteiger partial charge in [0.2, 0.25) is 5.01 Å². The van der Waals surface area contributed by atoms with Gasteiger partial charge in [-0.2, -0.15) is 0 Å². The van der Waals surface area contributed by atoms with Crippen molar-refractivity contribution in [2.75, 3.05) is 7.11 Å². The topological polar surface area (TPSA) is 94.3 Å². The zero-order chi connectivity index (χ0) is 23.2. The van der Waals surface area contributed by atoms with Crippen LogP contribution in [0.1, 0.15) is 36.5 Å². The molecule has 0 aliphatic carbocycles. The van der Waals surface area contributed by atoms with Crippen LogP contribution in [0.2, 0.25) is 0 Å². The van der Waals surface area contributed by atoms with Crippen LogP contribution < -0.4 is 5.32 Å². The third-order valence-corrected chi connectivity index (χ3v) is 5.97. The van der Waals surface area contributed by atoms with Crippen LogP contribution in [0.5, 0.6) is 0 Å². The average molecular weight is 480 g/mol. The molecule has 7 nitrogen and oxygen atoms in total. The summed E-state index contributed by atoms with van der Waals surface area (Å²) < 4.78 is 10.7. The molecule has 0 unspecified atom stereocenters. The van der Waals surface area contributed by atoms with Crippen molar-refractivity contribution in [1.29, 1.82) is 0 Å². The smallest absolute Gasteiger partial charge is 0.338 e. The van der Waals surface area contributed by atoms with E-state index in [0.717, 1.165) is 16.9 Å². The average Bonchev–Trinajstić information content (AvgIpc) is 3.53. The summed E-state index contributed by atoms with van der Waals surface area (Å²) in [5.41, 5.74) is 1.98. The summed E-state index contributed by atoms with van der Waals surface area (Å²) in [6.07, 6.45) is 1.58. The predicted molar refractivity (Wildman–Crippen MR) is 127 cm³/mol. The van der Waals surface area contributed by atoms with E-state index in [4.69, 9.17) is 20.8 Å². The molecule has 0 saturated carbocycles. The lowest BCUT2D eigenvalue weighted by Gasteiger charge is -2.04. The fourth-order valence-corrected chi connectivity index (χ4v) is 3.94. The Balaban J connectivity index is 1.47. The first-order chi connectivity index (χ1) is 16.0. The molecule has 9 heteroatoms. The van der Waals surface area contributed by atoms with Crippen LogP contribution in [-0.4, -0.2) is 29.2 Å². The molecule has 33 heavy (non-hydrogen) atoms. The summed E-state index contributed by atoms with van der Waals surface area (Å²) in [7, 11) is 1.33. The maximum Gasteiger partial charge on any atom is 0.338 e. The van der Waals surface area contributed by atoms with Crippen LogP contribution in [0.4, 0.5) is 0 Å². The quantitative estimate of drug-likeness (QED) is 0.364. The van der Waals surface area contributed by atoms with Crippen LogP contribution in [0.3, 0.4) is 0 Å². The van der Waals surface area contributed by atoms with Gasteiger partial charge in [-0.25, -0.2) is 4.79 Å². The third kappa shape index (κ3) is 5.36. The van der Waals surface area contributed by atoms with E-state index >= 15 is 0 Å². The van der Waals surface area contributed by atoms with E-state index < -0.39 is 5.97 Å². The molecule has 0 saturated heterocycles. The molecule has 0 spiro atoms. The van der Waals surface area contributed by atoms with E-state index in [1.165, 1.54) is 7.11 Å². The molecule has 2 aromatic heterocycles. The molecular formula is C24H18ClN3O4S. The number of esters is 1. The number of hydrogen-bond acceptors (Lipinski definition) is 7. The SMILES string of the molecule is COC(=O)c1ccccc1-c1ccc(/C=C(\Cl)c2nnc(C(=O)NCc3ccccc3)s2)o1. The van der Waals surface area contributed by atoms with Crippen LogP contribution in [0.25, 0.3) is 22.4 Å². The number of aromatic nitrogens is 2. The molecule has 0 bridgehead atoms. The summed E-state index contributed by atoms with van der Waals surface area (Å²) in [5, 5.41) is 11.6. The molecule has 0 radical (unpaired) electrons. The normalized spacial score (nSPS) is 11.3. The van der Waals surface area contributed by atoms with Gasteiger partial charge < -0.3 is 14.5 Å². The molecule has 4 aromatic rings. The Bertz CT molecular complexity index is 1310. The number of nitrogens with one attached hydrogen (secondary N) is 1. The first-order valence-electron chi connectivity index (χ1n) is 9.86. The van der Waals surface area contributed by atoms with Crippen molar-refractivity contribution in [2.24, 2.45) is 0 Å². The van der Waals surface area contributed by atoms with Gasteiger partial charge in [0, 0.05) is 18.2 Å². The standard InChI is InChI=1S/C24H18ClN3O4S/c1-31-24(30)18-10-6-5-9-17(18)20-12-11-16(32-20)13-19(25)22-27-28-23(33-22)21(29)26-14-15-7-3-2-4-8-15/h2-13H,14H2,1H3,(H,26,29)/b19-13-. The highest BCUT2D eigenvalue weighted by Crippen LogP contribution is 2.30. The predicted octanol–water partition coefficient (Wildman–Crippen LogP) is 5.25. The van der Waals surface area contributed by atoms with E-state index in [0.29, 0.717) is 34.2 Å². The first kappa shape index (κ1) is 22.4. The summed E-state index contributed by atoms with van der Waals surface area (Å²) in [4.78, 5) is 24.4. The van der Waals surface area contributed by atoms with Crippen molar-refractivity contribution < 1.29 is 18.7 Å². The van der Waals surface area contributed by atoms with E-state index in [1.54, 1.807) is 42.5 Å². The lowest BCUT2D eigenvalue weighted by Crippen LogP contribution is -2.22. The monoisotopic (exact) mass is 479 g/mol. The molecule has 0 aliphatic rings. The van der Waals surface area contributed by atoms with Crippen molar-refractivity contribution >= 4 is 45.9 Å². The number of methoxy groups -OCH3 is 1. The molecular weight excluding hydrogens is 462 g/mol. The van der Waals surface area contributed by atoms with E-state index in [2.05, 4.69) is 15.5 Å². The Hall–Kier alpha value is -3.75. The molecule has 0 fully saturated rings. The molecule has 2 aromatic carbocycles. The van der Waals surface area contributed by atoms with Crippen LogP contribution in [0.15, 0.2) is 71.1 Å². The highest BCUT2D eigenvalue weighted by molar-refractivity contribution is 7.15. The maximum absolute atomic E-state index is 12.4. The lowest BCUT2D eigenvalue weighted by molar-refractivity contribution is 0.0601. The summed E-state index contributed by atoms with van der Waals surface area (Å²) in [6.45, 7) is 0.389. The van der Waals surface area contributed by atoms with Gasteiger partial charge in [-0.05, 0) is 23.8 Å². The second kappa shape index (κ2) is 10.2. The molecule has 1 N–H and O–H groups in total. The highest BCUT2D eigenvalue weighted by atomic mass is 35.5. The molecule has 2 heterocycles. The van der Waals surface area contributed by atoms with Crippen LogP contribution in [0, 0.1) is 0 Å². The number of amides is 1. The third-order valence-electron chi connectivity index (χ3n) is 4.61. The number of carbonyl (C=O) groups excluding carboxylic acids is 2. The van der Waals surface area contributed by atoms with Crippen LogP contribution in [-0.2, 0) is 11.3 Å². The number of carbonyl (C=O) groups is 2. The van der Waals surface area contributed by atoms with Gasteiger partial charge in [-0.15, -0.1) is 10.2 Å². The molecule has 1 amide bonds. The number of ether oxygens (including phenoxy) is 1. The Kier molecular flexibility index (Phi) is 6.97. The van der Waals surface area contributed by atoms with E-state index in [-0.39, 0.29) is 15.9 Å². The largest absolute Gasteiger partial charge is 0.465 e. The fraction of sp³-hybridized carbons (Fsp3) is 0.0833. The Morgan fingerprint density at radius 3 is 2.55 bits per heavy atom. The van der Waals surface area contributed by atoms with Crippen molar-refractivity contribution in [2.45, 2.75) is 6.54 Å². The van der Waals surface area contributed by atoms with Gasteiger partial charge in [0.15, 0.2) is 5.01 Å². The minimum Gasteiger partial charge on any atom is -0.465 e. The Labute approximate surface area is 198 Å². The fourth-order valence-electron chi connectivity index (χ4n) is 3.01. The number of hydrogen-bond donors (Lipinski definition) is 1. The zero-order valence-electron chi connectivity index (χ0n) is 17.4. The Morgan fingerprint density at radius 2 is 1.76 bits per heavy atom. The number of rotatable bonds is 7. The van der Waals surface area contributed by atoms with Crippen molar-refractivity contribution in [3.63, 3.8) is 0 Å². The number of halogens is 1. The minimum absolute atomic E-state index is 0.208. The van der Waals surface area contributed by atoms with Crippen LogP contribution >= 0.6 is 22.9 Å². The van der Waals surface area contributed by atoms with Gasteiger partial charge in [0.1, 0.15) is 11.5 Å². The molecule has 0 aliphatic heterocycles. The second-order valence-electron chi connectivity index (χ2n) is 6.81. The molecule has 166 valence electrons. The van der Waals surface area contributed by atoms with Crippen molar-refractivity contribution in [1.82, 2.24) is 15.5 Å². The van der Waals surface area contributed by atoms with Crippen molar-refractivity contribution in [3.8, 4) is 11.3 Å². The van der Waals surface area contributed by atoms with E-state index in [9.17, 15) is 9.59 Å². The van der Waals surface area contributed by atoms with E-state index in [1.807, 2.05) is 30.3 Å². The number of furan rings is 1. The number of benzene rings is 2. The first-order valence-corrected chi connectivity index (χ1v) is 11.1. The Morgan fingerprint density at radius 1 is 1.03 bits per heavy atom. The van der Waals surface area contributed by atoms with Gasteiger partial charge in [-0.3, -0.25) is 4.79 Å². The number of nitrogens with zero attached hydrogens (tertiary/aromatic N) is 2. The van der Waals surface area contributed by atoms with Gasteiger partial charge in [0.05, 0.1) is 17.7 Å². The second-order valence-corrected chi connectivity index (χ2v) is 8.20. The van der Waals surface area contributed by atoms with Crippen molar-refractivity contribution in [3.05, 3.63) is 93.6 Å². The maximum atomic E-state index is 12.4. The molecule has 0 atom stereocenters. The summed E-state index contributed by atoms with van der Waals surface area (Å²) >= 11 is 7.47. The zero-order valence-corrected chi connectivity index (χ0v) is 19.0. The minimum atomic E-state index is -0.455. The van der Waals surface area contributed by atoms with Gasteiger partial charge in [0.25, 0.3) is 5.91 Å². The lowest BCUT2D eigenvalue weighted by atomic mass is 10.1. The highest BCUT2D eigenvalue weighted by Gasteiger charge is 2.17.